The quantitative estimate of drug-likeness (QED) is 0.627. The van der Waals surface area contributed by atoms with Crippen LogP contribution in [0.2, 0.25) is 0 Å². The monoisotopic (exact) mass is 243 g/mol. The summed E-state index contributed by atoms with van der Waals surface area (Å²) >= 11 is 0. The summed E-state index contributed by atoms with van der Waals surface area (Å²) in [6, 6.07) is 1.91. The summed E-state index contributed by atoms with van der Waals surface area (Å²) in [6.45, 7) is 3.60. The number of hydrogen-bond donors (Lipinski definition) is 1. The Morgan fingerprint density at radius 1 is 1.18 bits per heavy atom. The zero-order valence-corrected chi connectivity index (χ0v) is 10.3. The Kier molecular flexibility index (Phi) is 7.66. The van der Waals surface area contributed by atoms with Crippen LogP contribution in [-0.4, -0.2) is 33.5 Å². The summed E-state index contributed by atoms with van der Waals surface area (Å²) in [4.78, 5) is 0. The molecule has 17 heavy (non-hydrogen) atoms. The van der Waals surface area contributed by atoms with Gasteiger partial charge in [-0.1, -0.05) is 0 Å². The van der Waals surface area contributed by atoms with Crippen LogP contribution >= 0.6 is 0 Å². The first kappa shape index (κ1) is 14.2. The van der Waals surface area contributed by atoms with Crippen molar-refractivity contribution >= 4 is 0 Å². The number of furan rings is 1. The van der Waals surface area contributed by atoms with Crippen molar-refractivity contribution in [1.29, 1.82) is 0 Å². The SMILES string of the molecule is COCCOCCCOCc1cc(CN)co1. The third kappa shape index (κ3) is 6.43. The molecular formula is C12H21NO4. The van der Waals surface area contributed by atoms with E-state index in [2.05, 4.69) is 0 Å². The number of nitrogens with two attached hydrogens (primary N) is 1. The van der Waals surface area contributed by atoms with Crippen LogP contribution in [0.5, 0.6) is 0 Å². The molecule has 0 saturated carbocycles. The predicted octanol–water partition coefficient (Wildman–Crippen LogP) is 1.31. The van der Waals surface area contributed by atoms with Gasteiger partial charge in [0.2, 0.25) is 0 Å². The van der Waals surface area contributed by atoms with Gasteiger partial charge in [-0.15, -0.1) is 0 Å². The van der Waals surface area contributed by atoms with Crippen LogP contribution in [0.15, 0.2) is 16.7 Å². The molecule has 1 aromatic heterocycles. The van der Waals surface area contributed by atoms with E-state index in [0.717, 1.165) is 17.7 Å². The predicted molar refractivity (Wildman–Crippen MR) is 63.6 cm³/mol. The first-order valence-electron chi connectivity index (χ1n) is 5.77. The highest BCUT2D eigenvalue weighted by Crippen LogP contribution is 2.08. The van der Waals surface area contributed by atoms with Crippen LogP contribution in [-0.2, 0) is 27.4 Å². The molecule has 2 N–H and O–H groups in total. The van der Waals surface area contributed by atoms with Gasteiger partial charge in [-0.3, -0.25) is 0 Å². The van der Waals surface area contributed by atoms with Crippen molar-refractivity contribution < 1.29 is 18.6 Å². The van der Waals surface area contributed by atoms with Crippen LogP contribution < -0.4 is 5.73 Å². The van der Waals surface area contributed by atoms with Crippen molar-refractivity contribution in [3.63, 3.8) is 0 Å². The Morgan fingerprint density at radius 2 is 2.00 bits per heavy atom. The number of ether oxygens (including phenoxy) is 3. The molecule has 0 aromatic carbocycles. The Morgan fingerprint density at radius 3 is 2.71 bits per heavy atom. The molecule has 0 fully saturated rings. The van der Waals surface area contributed by atoms with Crippen LogP contribution in [0, 0.1) is 0 Å². The molecule has 1 heterocycles. The van der Waals surface area contributed by atoms with Gasteiger partial charge in [-0.05, 0) is 12.5 Å². The van der Waals surface area contributed by atoms with E-state index in [0.29, 0.717) is 39.6 Å². The third-order valence-corrected chi connectivity index (χ3v) is 2.20. The largest absolute Gasteiger partial charge is 0.467 e. The summed E-state index contributed by atoms with van der Waals surface area (Å²) in [7, 11) is 1.66. The minimum Gasteiger partial charge on any atom is -0.467 e. The van der Waals surface area contributed by atoms with Crippen LogP contribution in [0.4, 0.5) is 0 Å². The molecule has 1 aromatic rings. The Hall–Kier alpha value is -0.880. The highest BCUT2D eigenvalue weighted by atomic mass is 16.5. The average molecular weight is 243 g/mol. The third-order valence-electron chi connectivity index (χ3n) is 2.20. The molecule has 0 saturated heterocycles. The second-order valence-electron chi connectivity index (χ2n) is 3.64. The van der Waals surface area contributed by atoms with E-state index < -0.39 is 0 Å². The maximum Gasteiger partial charge on any atom is 0.129 e. The molecule has 0 aliphatic carbocycles. The Labute approximate surface area is 102 Å². The molecule has 0 spiro atoms. The normalized spacial score (nSPS) is 10.9. The lowest BCUT2D eigenvalue weighted by Crippen LogP contribution is -2.05. The van der Waals surface area contributed by atoms with Crippen LogP contribution in [0.3, 0.4) is 0 Å². The number of rotatable bonds is 10. The summed E-state index contributed by atoms with van der Waals surface area (Å²) in [5, 5.41) is 0. The average Bonchev–Trinajstić information content (AvgIpc) is 2.80. The smallest absolute Gasteiger partial charge is 0.129 e. The molecule has 0 aliphatic rings. The molecule has 0 aliphatic heterocycles. The minimum atomic E-state index is 0.484. The maximum absolute atomic E-state index is 5.47. The zero-order chi connectivity index (χ0) is 12.3. The van der Waals surface area contributed by atoms with Gasteiger partial charge in [0.25, 0.3) is 0 Å². The lowest BCUT2D eigenvalue weighted by atomic mass is 10.3. The molecular weight excluding hydrogens is 222 g/mol. The highest BCUT2D eigenvalue weighted by Gasteiger charge is 2.00. The topological polar surface area (TPSA) is 66.8 Å². The first-order valence-corrected chi connectivity index (χ1v) is 5.77. The van der Waals surface area contributed by atoms with E-state index in [1.54, 1.807) is 13.4 Å². The lowest BCUT2D eigenvalue weighted by molar-refractivity contribution is 0.0453. The summed E-state index contributed by atoms with van der Waals surface area (Å²) in [5.41, 5.74) is 6.46. The van der Waals surface area contributed by atoms with Crippen molar-refractivity contribution in [2.45, 2.75) is 19.6 Å². The van der Waals surface area contributed by atoms with Gasteiger partial charge < -0.3 is 24.4 Å². The van der Waals surface area contributed by atoms with Crippen molar-refractivity contribution in [1.82, 2.24) is 0 Å². The van der Waals surface area contributed by atoms with Crippen molar-refractivity contribution in [2.24, 2.45) is 5.73 Å². The van der Waals surface area contributed by atoms with E-state index in [-0.39, 0.29) is 0 Å². The van der Waals surface area contributed by atoms with Gasteiger partial charge in [0, 0.05) is 32.4 Å². The fraction of sp³-hybridized carbons (Fsp3) is 0.667. The fourth-order valence-corrected chi connectivity index (χ4v) is 1.29. The lowest BCUT2D eigenvalue weighted by Gasteiger charge is -2.04. The molecule has 0 unspecified atom stereocenters. The molecule has 0 amide bonds. The Bertz CT molecular complexity index is 288. The van der Waals surface area contributed by atoms with E-state index >= 15 is 0 Å². The van der Waals surface area contributed by atoms with Crippen molar-refractivity contribution in [3.8, 4) is 0 Å². The summed E-state index contributed by atoms with van der Waals surface area (Å²) in [5.74, 6) is 0.811. The first-order chi connectivity index (χ1) is 8.36. The van der Waals surface area contributed by atoms with E-state index in [1.165, 1.54) is 0 Å². The number of hydrogen-bond acceptors (Lipinski definition) is 5. The second-order valence-corrected chi connectivity index (χ2v) is 3.64. The van der Waals surface area contributed by atoms with Crippen molar-refractivity contribution in [3.05, 3.63) is 23.7 Å². The molecule has 0 bridgehead atoms. The van der Waals surface area contributed by atoms with Gasteiger partial charge in [-0.25, -0.2) is 0 Å². The van der Waals surface area contributed by atoms with Crippen molar-refractivity contribution in [2.75, 3.05) is 33.5 Å². The van der Waals surface area contributed by atoms with Gasteiger partial charge in [0.1, 0.15) is 12.4 Å². The molecule has 98 valence electrons. The van der Waals surface area contributed by atoms with E-state index in [1.807, 2.05) is 6.07 Å². The van der Waals surface area contributed by atoms with Gasteiger partial charge in [0.05, 0.1) is 19.5 Å². The summed E-state index contributed by atoms with van der Waals surface area (Å²) < 4.78 is 20.9. The molecule has 5 nitrogen and oxygen atoms in total. The van der Waals surface area contributed by atoms with Gasteiger partial charge in [0.15, 0.2) is 0 Å². The number of methoxy groups -OCH3 is 1. The summed E-state index contributed by atoms with van der Waals surface area (Å²) in [6.07, 6.45) is 2.53. The second kappa shape index (κ2) is 9.18. The molecule has 0 atom stereocenters. The molecule has 1 rings (SSSR count). The van der Waals surface area contributed by atoms with E-state index in [9.17, 15) is 0 Å². The minimum absolute atomic E-state index is 0.484. The standard InChI is InChI=1S/C12H21NO4/c1-14-5-6-15-3-2-4-16-10-12-7-11(8-13)9-17-12/h7,9H,2-6,8,10,13H2,1H3. The fourth-order valence-electron chi connectivity index (χ4n) is 1.29. The Balaban J connectivity index is 1.93. The van der Waals surface area contributed by atoms with Crippen LogP contribution in [0.1, 0.15) is 17.7 Å². The van der Waals surface area contributed by atoms with Gasteiger partial charge in [-0.2, -0.15) is 0 Å². The van der Waals surface area contributed by atoms with Crippen LogP contribution in [0.25, 0.3) is 0 Å². The molecule has 5 heteroatoms. The maximum atomic E-state index is 5.47. The van der Waals surface area contributed by atoms with Gasteiger partial charge >= 0.3 is 0 Å². The van der Waals surface area contributed by atoms with E-state index in [4.69, 9.17) is 24.4 Å². The zero-order valence-electron chi connectivity index (χ0n) is 10.3. The highest BCUT2D eigenvalue weighted by molar-refractivity contribution is 5.11. The molecule has 0 radical (unpaired) electrons.